The van der Waals surface area contributed by atoms with Crippen LogP contribution >= 0.6 is 11.3 Å². The third kappa shape index (κ3) is 3.56. The lowest BCUT2D eigenvalue weighted by Crippen LogP contribution is -2.52. The maximum Gasteiger partial charge on any atom is 0.429 e. The van der Waals surface area contributed by atoms with Crippen LogP contribution in [-0.2, 0) is 6.18 Å². The number of hydrogen-bond acceptors (Lipinski definition) is 5. The lowest BCUT2D eigenvalue weighted by atomic mass is 10.1. The van der Waals surface area contributed by atoms with Crippen molar-refractivity contribution in [3.63, 3.8) is 0 Å². The van der Waals surface area contributed by atoms with Crippen LogP contribution in [-0.4, -0.2) is 40.9 Å². The first-order valence-electron chi connectivity index (χ1n) is 8.66. The smallest absolute Gasteiger partial charge is 0.352 e. The molecule has 1 saturated heterocycles. The Morgan fingerprint density at radius 2 is 1.93 bits per heavy atom. The van der Waals surface area contributed by atoms with Crippen molar-refractivity contribution in [2.24, 2.45) is 0 Å². The normalized spacial score (nSPS) is 18.0. The minimum atomic E-state index is -4.40. The van der Waals surface area contributed by atoms with Crippen molar-refractivity contribution in [2.75, 3.05) is 29.4 Å². The average molecular weight is 411 g/mol. The van der Waals surface area contributed by atoms with Crippen molar-refractivity contribution in [1.29, 1.82) is 0 Å². The van der Waals surface area contributed by atoms with Gasteiger partial charge in [-0.3, -0.25) is 5.10 Å². The van der Waals surface area contributed by atoms with Crippen molar-refractivity contribution >= 4 is 23.0 Å². The third-order valence-corrected chi connectivity index (χ3v) is 5.61. The summed E-state index contributed by atoms with van der Waals surface area (Å²) in [5.41, 5.74) is 2.80. The van der Waals surface area contributed by atoms with Crippen molar-refractivity contribution < 1.29 is 17.6 Å². The second-order valence-corrected chi connectivity index (χ2v) is 7.49. The first kappa shape index (κ1) is 18.7. The van der Waals surface area contributed by atoms with E-state index < -0.39 is 11.1 Å². The molecule has 10 heteroatoms. The van der Waals surface area contributed by atoms with Gasteiger partial charge in [0.15, 0.2) is 16.5 Å². The topological polar surface area (TPSA) is 48.1 Å². The summed E-state index contributed by atoms with van der Waals surface area (Å²) < 4.78 is 52.6. The predicted octanol–water partition coefficient (Wildman–Crippen LogP) is 4.41. The van der Waals surface area contributed by atoms with E-state index in [0.29, 0.717) is 36.8 Å². The maximum atomic E-state index is 13.2. The Labute approximate surface area is 162 Å². The summed E-state index contributed by atoms with van der Waals surface area (Å²) in [4.78, 5) is 7.00. The minimum absolute atomic E-state index is 0.00182. The first-order valence-corrected chi connectivity index (χ1v) is 9.54. The number of rotatable bonds is 3. The lowest BCUT2D eigenvalue weighted by Gasteiger charge is -2.40. The lowest BCUT2D eigenvalue weighted by molar-refractivity contribution is -0.134. The molecule has 0 spiro atoms. The molecule has 1 fully saturated rings. The van der Waals surface area contributed by atoms with Crippen LogP contribution in [0.4, 0.5) is 29.2 Å². The Kier molecular flexibility index (Phi) is 4.74. The monoisotopic (exact) mass is 411 g/mol. The standard InChI is InChI=1S/C18H17F4N5S/c1-11-9-26(17-16(18(20,21)22)28-10-23-17)6-7-27(11)15-8-14(24-25-15)12-2-4-13(19)5-3-12/h2-5,8,10-11H,6-7,9H2,1H3,(H,24,25). The highest BCUT2D eigenvalue weighted by molar-refractivity contribution is 7.10. The van der Waals surface area contributed by atoms with Gasteiger partial charge in [0.2, 0.25) is 0 Å². The highest BCUT2D eigenvalue weighted by atomic mass is 32.1. The second kappa shape index (κ2) is 7.08. The van der Waals surface area contributed by atoms with Gasteiger partial charge < -0.3 is 9.80 Å². The number of alkyl halides is 3. The van der Waals surface area contributed by atoms with Crippen LogP contribution in [0.2, 0.25) is 0 Å². The number of nitrogens with zero attached hydrogens (tertiary/aromatic N) is 4. The van der Waals surface area contributed by atoms with E-state index in [0.717, 1.165) is 11.3 Å². The number of aromatic amines is 1. The summed E-state index contributed by atoms with van der Waals surface area (Å²) in [5, 5.41) is 7.27. The molecule has 28 heavy (non-hydrogen) atoms. The van der Waals surface area contributed by atoms with Crippen LogP contribution in [0.3, 0.4) is 0 Å². The van der Waals surface area contributed by atoms with E-state index in [4.69, 9.17) is 0 Å². The Hall–Kier alpha value is -2.62. The van der Waals surface area contributed by atoms with Gasteiger partial charge in [-0.1, -0.05) is 0 Å². The van der Waals surface area contributed by atoms with Crippen LogP contribution in [0.5, 0.6) is 0 Å². The molecular formula is C18H17F4N5S. The molecular weight excluding hydrogens is 394 g/mol. The summed E-state index contributed by atoms with van der Waals surface area (Å²) in [6.07, 6.45) is -4.40. The molecule has 1 unspecified atom stereocenters. The van der Waals surface area contributed by atoms with Crippen LogP contribution in [0.1, 0.15) is 11.8 Å². The summed E-state index contributed by atoms with van der Waals surface area (Å²) in [6, 6.07) is 7.89. The fraction of sp³-hybridized carbons (Fsp3) is 0.333. The zero-order valence-corrected chi connectivity index (χ0v) is 15.7. The van der Waals surface area contributed by atoms with Gasteiger partial charge >= 0.3 is 6.18 Å². The van der Waals surface area contributed by atoms with Crippen molar-refractivity contribution in [1.82, 2.24) is 15.2 Å². The molecule has 0 radical (unpaired) electrons. The fourth-order valence-corrected chi connectivity index (χ4v) is 4.06. The number of anilines is 2. The van der Waals surface area contributed by atoms with Crippen LogP contribution in [0.25, 0.3) is 11.3 Å². The van der Waals surface area contributed by atoms with Gasteiger partial charge in [0.05, 0.1) is 11.2 Å². The van der Waals surface area contributed by atoms with Gasteiger partial charge in [-0.2, -0.15) is 18.3 Å². The Bertz CT molecular complexity index is 950. The van der Waals surface area contributed by atoms with Crippen molar-refractivity contribution in [3.8, 4) is 11.3 Å². The molecule has 2 aromatic heterocycles. The van der Waals surface area contributed by atoms with Gasteiger partial charge in [0, 0.05) is 31.7 Å². The maximum absolute atomic E-state index is 13.2. The Morgan fingerprint density at radius 1 is 1.18 bits per heavy atom. The summed E-state index contributed by atoms with van der Waals surface area (Å²) in [5.74, 6) is 0.396. The molecule has 4 rings (SSSR count). The van der Waals surface area contributed by atoms with Crippen molar-refractivity contribution in [2.45, 2.75) is 19.1 Å². The number of piperazine rings is 1. The molecule has 0 bridgehead atoms. The number of aromatic nitrogens is 3. The first-order chi connectivity index (χ1) is 13.3. The number of halogens is 4. The second-order valence-electron chi connectivity index (χ2n) is 6.64. The zero-order chi connectivity index (χ0) is 19.9. The van der Waals surface area contributed by atoms with E-state index in [-0.39, 0.29) is 17.7 Å². The number of thiazole rings is 1. The van der Waals surface area contributed by atoms with E-state index in [1.54, 1.807) is 17.0 Å². The SMILES string of the molecule is CC1CN(c2ncsc2C(F)(F)F)CCN1c1cc(-c2ccc(F)cc2)[nH]n1. The minimum Gasteiger partial charge on any atom is -0.352 e. The van der Waals surface area contributed by atoms with E-state index >= 15 is 0 Å². The van der Waals surface area contributed by atoms with Gasteiger partial charge in [-0.15, -0.1) is 11.3 Å². The number of nitrogens with one attached hydrogen (secondary N) is 1. The van der Waals surface area contributed by atoms with Gasteiger partial charge in [0.25, 0.3) is 0 Å². The predicted molar refractivity (Wildman–Crippen MR) is 100 cm³/mol. The molecule has 1 aliphatic heterocycles. The van der Waals surface area contributed by atoms with E-state index in [1.807, 2.05) is 17.9 Å². The molecule has 148 valence electrons. The van der Waals surface area contributed by atoms with Gasteiger partial charge in [-0.25, -0.2) is 9.37 Å². The molecule has 3 aromatic rings. The third-order valence-electron chi connectivity index (χ3n) is 4.75. The zero-order valence-electron chi connectivity index (χ0n) is 14.9. The molecule has 0 amide bonds. The number of hydrogen-bond donors (Lipinski definition) is 1. The van der Waals surface area contributed by atoms with Gasteiger partial charge in [-0.05, 0) is 36.8 Å². The molecule has 1 aliphatic rings. The van der Waals surface area contributed by atoms with Crippen LogP contribution < -0.4 is 9.80 Å². The highest BCUT2D eigenvalue weighted by Gasteiger charge is 2.39. The van der Waals surface area contributed by atoms with E-state index in [2.05, 4.69) is 15.2 Å². The van der Waals surface area contributed by atoms with Gasteiger partial charge in [0.1, 0.15) is 5.82 Å². The number of H-pyrrole nitrogens is 1. The largest absolute Gasteiger partial charge is 0.429 e. The molecule has 1 aromatic carbocycles. The summed E-state index contributed by atoms with van der Waals surface area (Å²) in [7, 11) is 0. The fourth-order valence-electron chi connectivity index (χ4n) is 3.39. The van der Waals surface area contributed by atoms with E-state index in [9.17, 15) is 17.6 Å². The van der Waals surface area contributed by atoms with Crippen molar-refractivity contribution in [3.05, 3.63) is 46.5 Å². The molecule has 0 aliphatic carbocycles. The van der Waals surface area contributed by atoms with E-state index in [1.165, 1.54) is 17.6 Å². The quantitative estimate of drug-likeness (QED) is 0.649. The number of benzene rings is 1. The molecule has 0 saturated carbocycles. The molecule has 1 N–H and O–H groups in total. The summed E-state index contributed by atoms with van der Waals surface area (Å²) in [6.45, 7) is 3.28. The molecule has 1 atom stereocenters. The van der Waals surface area contributed by atoms with Crippen LogP contribution in [0, 0.1) is 5.82 Å². The Balaban J connectivity index is 1.50. The average Bonchev–Trinajstić information content (AvgIpc) is 3.32. The molecule has 3 heterocycles. The molecule has 5 nitrogen and oxygen atoms in total. The highest BCUT2D eigenvalue weighted by Crippen LogP contribution is 2.39. The van der Waals surface area contributed by atoms with Crippen LogP contribution in [0.15, 0.2) is 35.8 Å². The Morgan fingerprint density at radius 3 is 2.61 bits per heavy atom. The summed E-state index contributed by atoms with van der Waals surface area (Å²) >= 11 is 0.615.